The molecule has 0 saturated carbocycles. The van der Waals surface area contributed by atoms with Crippen LogP contribution in [0.4, 0.5) is 10.5 Å². The number of carbonyl (C=O) groups is 2. The number of methoxy groups -OCH3 is 1. The Hall–Kier alpha value is -2.14. The minimum Gasteiger partial charge on any atom is -0.464 e. The van der Waals surface area contributed by atoms with Crippen molar-refractivity contribution in [3.63, 3.8) is 0 Å². The van der Waals surface area contributed by atoms with E-state index in [4.69, 9.17) is 9.84 Å². The number of rotatable bonds is 4. The largest absolute Gasteiger partial charge is 0.464 e. The molecule has 0 saturated heterocycles. The van der Waals surface area contributed by atoms with Gasteiger partial charge >= 0.3 is 6.09 Å². The summed E-state index contributed by atoms with van der Waals surface area (Å²) in [6.07, 6.45) is -1.35. The van der Waals surface area contributed by atoms with Gasteiger partial charge in [-0.05, 0) is 12.1 Å². The number of hydrogen-bond donors (Lipinski definition) is 1. The third-order valence-electron chi connectivity index (χ3n) is 2.03. The number of ether oxygens (including phenoxy) is 1. The van der Waals surface area contributed by atoms with Crippen LogP contribution in [0.2, 0.25) is 0 Å². The third kappa shape index (κ3) is 3.15. The lowest BCUT2D eigenvalue weighted by Gasteiger charge is -2.18. The van der Waals surface area contributed by atoms with E-state index in [1.165, 1.54) is 19.2 Å². The Labute approximate surface area is 98.9 Å². The zero-order valence-electron chi connectivity index (χ0n) is 9.42. The van der Waals surface area contributed by atoms with Crippen LogP contribution in [0, 0.1) is 0 Å². The molecule has 1 aromatic rings. The average molecular weight is 235 g/mol. The Morgan fingerprint density at radius 1 is 1.35 bits per heavy atom. The van der Waals surface area contributed by atoms with Crippen LogP contribution in [-0.4, -0.2) is 30.8 Å². The summed E-state index contributed by atoms with van der Waals surface area (Å²) >= 11 is 0. The molecule has 17 heavy (non-hydrogen) atoms. The van der Waals surface area contributed by atoms with Gasteiger partial charge in [-0.2, -0.15) is 0 Å². The second kappa shape index (κ2) is 5.81. The number of amides is 2. The van der Waals surface area contributed by atoms with Crippen molar-refractivity contribution in [2.24, 2.45) is 0 Å². The molecule has 0 aliphatic rings. The number of imide groups is 1. The number of benzene rings is 1. The smallest absolute Gasteiger partial charge is 0.419 e. The lowest BCUT2D eigenvalue weighted by atomic mass is 10.2. The summed E-state index contributed by atoms with van der Waals surface area (Å²) in [5.74, 6) is -0.689. The number of carbonyl (C=O) groups excluding carboxylic acids is 1. The quantitative estimate of drug-likeness (QED) is 0.809. The molecule has 90 valence electrons. The van der Waals surface area contributed by atoms with Crippen LogP contribution in [-0.2, 0) is 9.53 Å². The second-order valence-corrected chi connectivity index (χ2v) is 3.30. The van der Waals surface area contributed by atoms with Crippen LogP contribution in [0.15, 0.2) is 42.5 Å². The molecule has 0 spiro atoms. The molecule has 1 aromatic carbocycles. The van der Waals surface area contributed by atoms with Crippen LogP contribution >= 0.6 is 0 Å². The highest BCUT2D eigenvalue weighted by molar-refractivity contribution is 6.18. The van der Waals surface area contributed by atoms with E-state index in [-0.39, 0.29) is 17.9 Å². The molecule has 0 aromatic heterocycles. The third-order valence-corrected chi connectivity index (χ3v) is 2.03. The Kier molecular flexibility index (Phi) is 4.42. The van der Waals surface area contributed by atoms with E-state index < -0.39 is 12.0 Å². The van der Waals surface area contributed by atoms with Crippen LogP contribution in [0.1, 0.15) is 0 Å². The van der Waals surface area contributed by atoms with E-state index in [0.717, 1.165) is 0 Å². The summed E-state index contributed by atoms with van der Waals surface area (Å²) in [6.45, 7) is 3.49. The minimum absolute atomic E-state index is 0.00452. The van der Waals surface area contributed by atoms with Crippen molar-refractivity contribution in [1.29, 1.82) is 0 Å². The Morgan fingerprint density at radius 2 is 1.94 bits per heavy atom. The van der Waals surface area contributed by atoms with Crippen molar-refractivity contribution in [2.45, 2.75) is 0 Å². The molecule has 1 rings (SSSR count). The van der Waals surface area contributed by atoms with Crippen molar-refractivity contribution in [2.75, 3.05) is 18.6 Å². The molecule has 0 aliphatic heterocycles. The Balaban J connectivity index is 2.99. The fourth-order valence-corrected chi connectivity index (χ4v) is 1.29. The van der Waals surface area contributed by atoms with Gasteiger partial charge in [-0.25, -0.2) is 9.69 Å². The van der Waals surface area contributed by atoms with Gasteiger partial charge in [0.15, 0.2) is 0 Å². The van der Waals surface area contributed by atoms with Gasteiger partial charge in [-0.3, -0.25) is 4.79 Å². The molecule has 0 aliphatic carbocycles. The first-order chi connectivity index (χ1) is 8.07. The predicted octanol–water partition coefficient (Wildman–Crippen LogP) is 1.90. The normalized spacial score (nSPS) is 9.71. The van der Waals surface area contributed by atoms with Crippen LogP contribution in [0.5, 0.6) is 0 Å². The SMILES string of the molecule is C=C(COC)C(=O)N(C(=O)O)c1ccccc1. The Bertz CT molecular complexity index is 427. The predicted molar refractivity (Wildman–Crippen MR) is 63.0 cm³/mol. The first-order valence-electron chi connectivity index (χ1n) is 4.87. The Morgan fingerprint density at radius 3 is 2.41 bits per heavy atom. The maximum absolute atomic E-state index is 11.8. The van der Waals surface area contributed by atoms with Crippen LogP contribution in [0.3, 0.4) is 0 Å². The molecule has 0 heterocycles. The molecule has 5 heteroatoms. The van der Waals surface area contributed by atoms with Gasteiger partial charge < -0.3 is 9.84 Å². The first kappa shape index (κ1) is 12.9. The average Bonchev–Trinajstić information content (AvgIpc) is 2.30. The number of nitrogens with zero attached hydrogens (tertiary/aromatic N) is 1. The van der Waals surface area contributed by atoms with Crippen molar-refractivity contribution < 1.29 is 19.4 Å². The molecule has 2 amide bonds. The van der Waals surface area contributed by atoms with E-state index in [2.05, 4.69) is 6.58 Å². The molecular formula is C12H13NO4. The molecule has 0 unspecified atom stereocenters. The summed E-state index contributed by atoms with van der Waals surface area (Å²) < 4.78 is 4.75. The number of hydrogen-bond acceptors (Lipinski definition) is 3. The van der Waals surface area contributed by atoms with Gasteiger partial charge in [0.05, 0.1) is 12.3 Å². The van der Waals surface area contributed by atoms with Gasteiger partial charge in [-0.15, -0.1) is 0 Å². The molecule has 0 atom stereocenters. The van der Waals surface area contributed by atoms with Gasteiger partial charge in [0.25, 0.3) is 5.91 Å². The summed E-state index contributed by atoms with van der Waals surface area (Å²) in [5, 5.41) is 9.04. The topological polar surface area (TPSA) is 66.8 Å². The highest BCUT2D eigenvalue weighted by atomic mass is 16.5. The summed E-state index contributed by atoms with van der Waals surface area (Å²) in [7, 11) is 1.41. The van der Waals surface area contributed by atoms with Gasteiger partial charge in [0, 0.05) is 12.7 Å². The van der Waals surface area contributed by atoms with Gasteiger partial charge in [0.1, 0.15) is 0 Å². The zero-order valence-corrected chi connectivity index (χ0v) is 9.42. The number of carboxylic acid groups (broad SMARTS) is 1. The minimum atomic E-state index is -1.35. The maximum atomic E-state index is 11.8. The van der Waals surface area contributed by atoms with Crippen LogP contribution < -0.4 is 4.90 Å². The van der Waals surface area contributed by atoms with Gasteiger partial charge in [-0.1, -0.05) is 24.8 Å². The van der Waals surface area contributed by atoms with E-state index in [1.807, 2.05) is 0 Å². The van der Waals surface area contributed by atoms with E-state index in [0.29, 0.717) is 4.90 Å². The molecule has 0 radical (unpaired) electrons. The summed E-state index contributed by atoms with van der Waals surface area (Å²) in [4.78, 5) is 23.6. The maximum Gasteiger partial charge on any atom is 0.419 e. The molecule has 0 fully saturated rings. The van der Waals surface area contributed by atoms with E-state index in [9.17, 15) is 9.59 Å². The first-order valence-corrected chi connectivity index (χ1v) is 4.87. The lowest BCUT2D eigenvalue weighted by Crippen LogP contribution is -2.37. The number of anilines is 1. The zero-order chi connectivity index (χ0) is 12.8. The van der Waals surface area contributed by atoms with E-state index in [1.54, 1.807) is 18.2 Å². The highest BCUT2D eigenvalue weighted by Crippen LogP contribution is 2.16. The van der Waals surface area contributed by atoms with Crippen molar-refractivity contribution >= 4 is 17.7 Å². The van der Waals surface area contributed by atoms with Crippen molar-refractivity contribution in [1.82, 2.24) is 0 Å². The molecular weight excluding hydrogens is 222 g/mol. The highest BCUT2D eigenvalue weighted by Gasteiger charge is 2.24. The fourth-order valence-electron chi connectivity index (χ4n) is 1.29. The summed E-state index contributed by atoms with van der Waals surface area (Å²) in [6, 6.07) is 8.10. The molecule has 0 bridgehead atoms. The fraction of sp³-hybridized carbons (Fsp3) is 0.167. The van der Waals surface area contributed by atoms with E-state index >= 15 is 0 Å². The lowest BCUT2D eigenvalue weighted by molar-refractivity contribution is -0.115. The standard InChI is InChI=1S/C12H13NO4/c1-9(8-17-2)11(14)13(12(15)16)10-6-4-3-5-7-10/h3-7H,1,8H2,2H3,(H,15,16). The second-order valence-electron chi connectivity index (χ2n) is 3.30. The van der Waals surface area contributed by atoms with Crippen molar-refractivity contribution in [3.05, 3.63) is 42.5 Å². The summed E-state index contributed by atoms with van der Waals surface area (Å²) in [5.41, 5.74) is 0.362. The molecule has 5 nitrogen and oxygen atoms in total. The number of para-hydroxylation sites is 1. The molecule has 1 N–H and O–H groups in total. The van der Waals surface area contributed by atoms with Crippen molar-refractivity contribution in [3.8, 4) is 0 Å². The van der Waals surface area contributed by atoms with Crippen LogP contribution in [0.25, 0.3) is 0 Å². The monoisotopic (exact) mass is 235 g/mol. The van der Waals surface area contributed by atoms with Gasteiger partial charge in [0.2, 0.25) is 0 Å².